The minimum atomic E-state index is -4.58. The highest BCUT2D eigenvalue weighted by atomic mass is 32.2. The van der Waals surface area contributed by atoms with Gasteiger partial charge in [-0.2, -0.15) is 12.7 Å². The highest BCUT2D eigenvalue weighted by Crippen LogP contribution is 2.27. The van der Waals surface area contributed by atoms with E-state index in [9.17, 15) is 22.6 Å². The third kappa shape index (κ3) is 7.94. The summed E-state index contributed by atoms with van der Waals surface area (Å²) in [6.07, 6.45) is 0.156. The molecule has 2 fully saturated rings. The maximum atomic E-state index is 13.3. The Hall–Kier alpha value is -4.24. The van der Waals surface area contributed by atoms with Gasteiger partial charge in [0.15, 0.2) is 23.4 Å². The van der Waals surface area contributed by atoms with Crippen LogP contribution in [0, 0.1) is 0 Å². The molecule has 20 heteroatoms. The fourth-order valence-electron chi connectivity index (χ4n) is 5.11. The predicted molar refractivity (Wildman–Crippen MR) is 167 cm³/mol. The van der Waals surface area contributed by atoms with Crippen LogP contribution in [0.25, 0.3) is 0 Å². The number of nitrogens with zero attached hydrogens (tertiary/aromatic N) is 6. The number of nitrogens with two attached hydrogens (primary N) is 3. The summed E-state index contributed by atoms with van der Waals surface area (Å²) in [6.45, 7) is 2.58. The van der Waals surface area contributed by atoms with Crippen molar-refractivity contribution in [2.75, 3.05) is 58.3 Å². The molecule has 250 valence electrons. The van der Waals surface area contributed by atoms with Gasteiger partial charge in [0.1, 0.15) is 24.7 Å². The number of fused-ring (bicyclic) bond motifs is 1. The molecule has 0 bridgehead atoms. The van der Waals surface area contributed by atoms with Gasteiger partial charge in [-0.05, 0) is 36.2 Å². The fourth-order valence-corrected chi connectivity index (χ4v) is 6.56. The number of hydrogen-bond acceptors (Lipinski definition) is 13. The smallest absolute Gasteiger partial charge is 0.409 e. The lowest BCUT2D eigenvalue weighted by Crippen LogP contribution is -2.71. The SMILES string of the molecule is NCCCN=C(N)N1Cc2ccc(OCCO/N=C(\C(=O)NC3CN(S(=O)(=O)O)C3CN3CCOC3=O)c3csc(N)n3)cc2C1. The van der Waals surface area contributed by atoms with Crippen LogP contribution in [-0.2, 0) is 37.8 Å². The lowest BCUT2D eigenvalue weighted by molar-refractivity contribution is -0.117. The zero-order valence-corrected chi connectivity index (χ0v) is 26.4. The van der Waals surface area contributed by atoms with E-state index in [1.807, 2.05) is 23.1 Å². The lowest BCUT2D eigenvalue weighted by atomic mass is 9.99. The van der Waals surface area contributed by atoms with Crippen LogP contribution in [0.15, 0.2) is 33.7 Å². The number of oxime groups is 1. The van der Waals surface area contributed by atoms with E-state index in [4.69, 9.17) is 31.5 Å². The number of guanidine groups is 1. The number of aromatic nitrogens is 1. The van der Waals surface area contributed by atoms with Gasteiger partial charge in [-0.15, -0.1) is 11.3 Å². The van der Waals surface area contributed by atoms with Gasteiger partial charge >= 0.3 is 16.4 Å². The van der Waals surface area contributed by atoms with Crippen LogP contribution in [0.5, 0.6) is 5.75 Å². The van der Waals surface area contributed by atoms with Gasteiger partial charge in [-0.25, -0.2) is 9.78 Å². The van der Waals surface area contributed by atoms with Crippen molar-refractivity contribution in [1.82, 2.24) is 24.4 Å². The Morgan fingerprint density at radius 3 is 2.76 bits per heavy atom. The van der Waals surface area contributed by atoms with Crippen molar-refractivity contribution in [3.63, 3.8) is 0 Å². The van der Waals surface area contributed by atoms with E-state index in [-0.39, 0.29) is 56.0 Å². The molecular weight excluding hydrogens is 644 g/mol. The molecule has 2 unspecified atom stereocenters. The Morgan fingerprint density at radius 1 is 1.26 bits per heavy atom. The van der Waals surface area contributed by atoms with Crippen molar-refractivity contribution >= 4 is 50.4 Å². The van der Waals surface area contributed by atoms with E-state index in [0.29, 0.717) is 37.9 Å². The minimum Gasteiger partial charge on any atom is -0.490 e. The van der Waals surface area contributed by atoms with Crippen LogP contribution in [0.1, 0.15) is 23.2 Å². The first kappa shape index (κ1) is 33.1. The Morgan fingerprint density at radius 2 is 2.07 bits per heavy atom. The van der Waals surface area contributed by atoms with E-state index in [1.165, 1.54) is 10.3 Å². The van der Waals surface area contributed by atoms with Gasteiger partial charge in [0.05, 0.1) is 18.6 Å². The maximum absolute atomic E-state index is 13.3. The average molecular weight is 681 g/mol. The number of benzene rings is 1. The average Bonchev–Trinajstić information content (AvgIpc) is 3.74. The fraction of sp³-hybridized carbons (Fsp3) is 0.500. The number of cyclic esters (lactones) is 1. The quantitative estimate of drug-likeness (QED) is 0.0524. The van der Waals surface area contributed by atoms with Gasteiger partial charge < -0.3 is 46.6 Å². The molecule has 18 nitrogen and oxygen atoms in total. The lowest BCUT2D eigenvalue weighted by Gasteiger charge is -2.46. The third-order valence-electron chi connectivity index (χ3n) is 7.52. The molecule has 4 heterocycles. The zero-order valence-electron chi connectivity index (χ0n) is 24.8. The van der Waals surface area contributed by atoms with Gasteiger partial charge in [0, 0.05) is 38.1 Å². The summed E-state index contributed by atoms with van der Waals surface area (Å²) in [5.41, 5.74) is 19.6. The molecule has 46 heavy (non-hydrogen) atoms. The van der Waals surface area contributed by atoms with E-state index in [0.717, 1.165) is 33.2 Å². The predicted octanol–water partition coefficient (Wildman–Crippen LogP) is -1.07. The monoisotopic (exact) mass is 680 g/mol. The highest BCUT2D eigenvalue weighted by Gasteiger charge is 2.48. The molecule has 2 aromatic rings. The van der Waals surface area contributed by atoms with Crippen LogP contribution < -0.4 is 27.3 Å². The largest absolute Gasteiger partial charge is 0.490 e. The third-order valence-corrected chi connectivity index (χ3v) is 9.20. The van der Waals surface area contributed by atoms with E-state index < -0.39 is 34.4 Å². The van der Waals surface area contributed by atoms with Crippen LogP contribution in [0.4, 0.5) is 9.93 Å². The van der Waals surface area contributed by atoms with Gasteiger partial charge in [-0.3, -0.25) is 14.3 Å². The number of nitrogens with one attached hydrogen (secondary N) is 1. The second-order valence-corrected chi connectivity index (χ2v) is 12.9. The maximum Gasteiger partial charge on any atom is 0.409 e. The molecule has 3 aliphatic rings. The van der Waals surface area contributed by atoms with Crippen molar-refractivity contribution in [3.05, 3.63) is 40.4 Å². The number of amides is 2. The van der Waals surface area contributed by atoms with Crippen molar-refractivity contribution < 1.29 is 36.9 Å². The summed E-state index contributed by atoms with van der Waals surface area (Å²) >= 11 is 1.10. The van der Waals surface area contributed by atoms with Crippen LogP contribution >= 0.6 is 11.3 Å². The number of rotatable bonds is 14. The number of hydrogen-bond donors (Lipinski definition) is 5. The molecule has 2 atom stereocenters. The number of ether oxygens (including phenoxy) is 2. The summed E-state index contributed by atoms with van der Waals surface area (Å²) in [5.74, 6) is 0.382. The first-order chi connectivity index (χ1) is 22.0. The molecule has 2 saturated heterocycles. The van der Waals surface area contributed by atoms with Crippen molar-refractivity contribution in [2.45, 2.75) is 31.6 Å². The molecule has 0 spiro atoms. The van der Waals surface area contributed by atoms with E-state index >= 15 is 0 Å². The van der Waals surface area contributed by atoms with E-state index in [1.54, 1.807) is 0 Å². The number of nitrogen functional groups attached to an aromatic ring is 1. The van der Waals surface area contributed by atoms with Crippen LogP contribution in [0.3, 0.4) is 0 Å². The van der Waals surface area contributed by atoms with Gasteiger partial charge in [0.25, 0.3) is 5.91 Å². The van der Waals surface area contributed by atoms with Crippen LogP contribution in [0.2, 0.25) is 0 Å². The summed E-state index contributed by atoms with van der Waals surface area (Å²) in [5, 5.41) is 8.41. The summed E-state index contributed by atoms with van der Waals surface area (Å²) < 4.78 is 44.8. The van der Waals surface area contributed by atoms with Crippen molar-refractivity contribution in [3.8, 4) is 5.75 Å². The normalized spacial score (nSPS) is 20.3. The Labute approximate surface area is 269 Å². The number of aliphatic imine (C=N–C) groups is 1. The Bertz CT molecular complexity index is 1600. The van der Waals surface area contributed by atoms with Crippen LogP contribution in [-0.4, -0.2) is 120 Å². The number of anilines is 1. The summed E-state index contributed by atoms with van der Waals surface area (Å²) in [7, 11) is -4.58. The molecule has 1 aromatic carbocycles. The van der Waals surface area contributed by atoms with Crippen molar-refractivity contribution in [1.29, 1.82) is 0 Å². The molecule has 8 N–H and O–H groups in total. The molecular formula is C26H36N10O8S2. The number of carbonyl (C=O) groups excluding carboxylic acids is 2. The Kier molecular flexibility index (Phi) is 10.4. The van der Waals surface area contributed by atoms with Gasteiger partial charge in [0.2, 0.25) is 0 Å². The molecule has 0 aliphatic carbocycles. The number of thiazole rings is 1. The topological polar surface area (TPSA) is 254 Å². The molecule has 0 radical (unpaired) electrons. The standard InChI is InChI=1S/C26H36N10O8S2/c27-4-1-5-30-24(28)35-11-16-2-3-18(10-17(16)12-35)42-8-9-44-33-22(20-15-45-25(29)32-20)23(37)31-19-13-36(46(39,40)41)21(19)14-34-6-7-43-26(34)38/h2-3,10,15,19,21H,1,4-9,11-14,27H2,(H2,28,30)(H2,29,32)(H,31,37)(H,39,40,41)/b33-22-. The number of carbonyl (C=O) groups is 2. The first-order valence-electron chi connectivity index (χ1n) is 14.4. The molecule has 5 rings (SSSR count). The van der Waals surface area contributed by atoms with Gasteiger partial charge in [-0.1, -0.05) is 11.2 Å². The molecule has 1 aromatic heterocycles. The Balaban J connectivity index is 1.17. The second-order valence-electron chi connectivity index (χ2n) is 10.6. The highest BCUT2D eigenvalue weighted by molar-refractivity contribution is 7.83. The minimum absolute atomic E-state index is 0.0139. The summed E-state index contributed by atoms with van der Waals surface area (Å²) in [4.78, 5) is 42.4. The molecule has 2 amide bonds. The molecule has 0 saturated carbocycles. The van der Waals surface area contributed by atoms with Crippen molar-refractivity contribution in [2.24, 2.45) is 21.6 Å². The van der Waals surface area contributed by atoms with E-state index in [2.05, 4.69) is 20.4 Å². The zero-order chi connectivity index (χ0) is 32.8. The first-order valence-corrected chi connectivity index (χ1v) is 16.7. The summed E-state index contributed by atoms with van der Waals surface area (Å²) in [6, 6.07) is 4.05. The molecule has 3 aliphatic heterocycles. The second kappa shape index (κ2) is 14.5.